The van der Waals surface area contributed by atoms with Gasteiger partial charge in [-0.1, -0.05) is 34.7 Å². The highest BCUT2D eigenvalue weighted by Crippen LogP contribution is 2.22. The maximum Gasteiger partial charge on any atom is 0.410 e. The van der Waals surface area contributed by atoms with E-state index in [1.54, 1.807) is 18.1 Å². The molecule has 1 atom stereocenters. The van der Waals surface area contributed by atoms with E-state index in [0.717, 1.165) is 48.7 Å². The summed E-state index contributed by atoms with van der Waals surface area (Å²) >= 11 is 2.25. The van der Waals surface area contributed by atoms with Gasteiger partial charge in [0.15, 0.2) is 0 Å². The molecule has 0 N–H and O–H groups in total. The summed E-state index contributed by atoms with van der Waals surface area (Å²) in [5.41, 5.74) is 2.15. The number of halogens is 1. The second kappa shape index (κ2) is 12.6. The Morgan fingerprint density at radius 1 is 1.05 bits per heavy atom. The van der Waals surface area contributed by atoms with E-state index in [1.165, 1.54) is 24.8 Å². The van der Waals surface area contributed by atoms with E-state index >= 15 is 0 Å². The van der Waals surface area contributed by atoms with E-state index in [0.29, 0.717) is 12.1 Å². The minimum Gasteiger partial charge on any atom is -0.443 e. The number of nitrogens with zero attached hydrogens (tertiary/aromatic N) is 5. The van der Waals surface area contributed by atoms with Gasteiger partial charge in [-0.25, -0.2) is 9.78 Å². The standard InChI is InChI=1S/C29H40IN5O3/c1-22-19-33(16-17-35(22)28(37)38-29(2,3)21-30)20-23-8-11-25(12-9-23)32(4)27(36)24-10-13-26(31-18-24)34-14-6-5-7-15-34/h8-13,18,22H,5-7,14-17,19-21H2,1-4H3/t22-/m0/s1. The summed E-state index contributed by atoms with van der Waals surface area (Å²) in [5, 5.41) is 0. The number of piperazine rings is 1. The zero-order valence-corrected chi connectivity index (χ0v) is 25.2. The molecule has 2 aliphatic heterocycles. The molecule has 3 heterocycles. The van der Waals surface area contributed by atoms with Crippen LogP contribution < -0.4 is 9.80 Å². The number of alkyl halides is 1. The highest BCUT2D eigenvalue weighted by atomic mass is 127. The molecule has 2 aromatic rings. The van der Waals surface area contributed by atoms with Crippen molar-refractivity contribution >= 4 is 46.1 Å². The average molecular weight is 634 g/mol. The van der Waals surface area contributed by atoms with Crippen molar-refractivity contribution in [3.8, 4) is 0 Å². The molecule has 8 nitrogen and oxygen atoms in total. The number of benzene rings is 1. The zero-order valence-electron chi connectivity index (χ0n) is 23.0. The average Bonchev–Trinajstić information content (AvgIpc) is 2.93. The van der Waals surface area contributed by atoms with Gasteiger partial charge in [0.05, 0.1) is 5.56 Å². The number of pyridine rings is 1. The number of hydrogen-bond donors (Lipinski definition) is 0. The Morgan fingerprint density at radius 2 is 1.76 bits per heavy atom. The van der Waals surface area contributed by atoms with Crippen LogP contribution in [0.15, 0.2) is 42.6 Å². The first-order chi connectivity index (χ1) is 18.2. The van der Waals surface area contributed by atoms with Crippen LogP contribution in [0.5, 0.6) is 0 Å². The molecule has 1 aromatic heterocycles. The Balaban J connectivity index is 1.30. The van der Waals surface area contributed by atoms with Gasteiger partial charge in [0.2, 0.25) is 0 Å². The number of anilines is 2. The van der Waals surface area contributed by atoms with Gasteiger partial charge < -0.3 is 19.4 Å². The lowest BCUT2D eigenvalue weighted by molar-refractivity contribution is 0.00373. The lowest BCUT2D eigenvalue weighted by Gasteiger charge is -2.40. The van der Waals surface area contributed by atoms with Crippen LogP contribution in [0.25, 0.3) is 0 Å². The first-order valence-electron chi connectivity index (χ1n) is 13.5. The van der Waals surface area contributed by atoms with Crippen molar-refractivity contribution in [3.05, 3.63) is 53.7 Å². The van der Waals surface area contributed by atoms with Crippen LogP contribution >= 0.6 is 22.6 Å². The molecule has 0 unspecified atom stereocenters. The Morgan fingerprint density at radius 3 is 2.37 bits per heavy atom. The van der Waals surface area contributed by atoms with Crippen LogP contribution in [-0.2, 0) is 11.3 Å². The Labute approximate surface area is 240 Å². The number of carbonyl (C=O) groups is 2. The molecule has 1 aromatic carbocycles. The quantitative estimate of drug-likeness (QED) is 0.309. The molecule has 2 amide bonds. The van der Waals surface area contributed by atoms with E-state index in [4.69, 9.17) is 4.74 Å². The van der Waals surface area contributed by atoms with Crippen molar-refractivity contribution in [2.45, 2.75) is 58.2 Å². The zero-order chi connectivity index (χ0) is 27.3. The van der Waals surface area contributed by atoms with Crippen molar-refractivity contribution in [3.63, 3.8) is 0 Å². The Hall–Kier alpha value is -2.40. The fourth-order valence-electron chi connectivity index (χ4n) is 4.99. The topological polar surface area (TPSA) is 69.2 Å². The van der Waals surface area contributed by atoms with Crippen LogP contribution in [0.4, 0.5) is 16.3 Å². The predicted molar refractivity (Wildman–Crippen MR) is 160 cm³/mol. The lowest BCUT2D eigenvalue weighted by Crippen LogP contribution is -2.54. The lowest BCUT2D eigenvalue weighted by atomic mass is 10.1. The van der Waals surface area contributed by atoms with Crippen LogP contribution in [0.1, 0.15) is 56.0 Å². The van der Waals surface area contributed by atoms with Crippen molar-refractivity contribution in [1.29, 1.82) is 0 Å². The number of piperidine rings is 1. The summed E-state index contributed by atoms with van der Waals surface area (Å²) in [7, 11) is 1.80. The fourth-order valence-corrected chi connectivity index (χ4v) is 5.14. The third-order valence-electron chi connectivity index (χ3n) is 7.34. The molecule has 4 rings (SSSR count). The minimum absolute atomic E-state index is 0.0713. The summed E-state index contributed by atoms with van der Waals surface area (Å²) in [6.07, 6.45) is 5.13. The Kier molecular flexibility index (Phi) is 9.51. The van der Waals surface area contributed by atoms with Gasteiger partial charge in [-0.15, -0.1) is 0 Å². The predicted octanol–water partition coefficient (Wildman–Crippen LogP) is 5.20. The first kappa shape index (κ1) is 28.6. The van der Waals surface area contributed by atoms with E-state index < -0.39 is 5.60 Å². The molecule has 0 radical (unpaired) electrons. The molecule has 0 saturated carbocycles. The summed E-state index contributed by atoms with van der Waals surface area (Å²) < 4.78 is 6.45. The summed E-state index contributed by atoms with van der Waals surface area (Å²) in [6.45, 7) is 11.1. The second-order valence-corrected chi connectivity index (χ2v) is 11.8. The highest BCUT2D eigenvalue weighted by molar-refractivity contribution is 14.1. The third-order valence-corrected chi connectivity index (χ3v) is 9.18. The molecule has 2 fully saturated rings. The van der Waals surface area contributed by atoms with Crippen LogP contribution in [-0.4, -0.2) is 82.6 Å². The number of hydrogen-bond acceptors (Lipinski definition) is 6. The van der Waals surface area contributed by atoms with Crippen molar-refractivity contribution in [2.75, 3.05) is 54.0 Å². The maximum atomic E-state index is 13.1. The number of aromatic nitrogens is 1. The molecule has 0 aliphatic carbocycles. The molecule has 2 saturated heterocycles. The van der Waals surface area contributed by atoms with Gasteiger partial charge in [-0.2, -0.15) is 0 Å². The molecule has 0 spiro atoms. The van der Waals surface area contributed by atoms with E-state index in [2.05, 4.69) is 56.4 Å². The van der Waals surface area contributed by atoms with Gasteiger partial charge in [-0.3, -0.25) is 9.69 Å². The molecule has 0 bridgehead atoms. The highest BCUT2D eigenvalue weighted by Gasteiger charge is 2.32. The minimum atomic E-state index is -0.460. The molecule has 2 aliphatic rings. The monoisotopic (exact) mass is 633 g/mol. The van der Waals surface area contributed by atoms with Crippen molar-refractivity contribution < 1.29 is 14.3 Å². The van der Waals surface area contributed by atoms with Gasteiger partial charge in [0, 0.05) is 68.7 Å². The summed E-state index contributed by atoms with van der Waals surface area (Å²) in [6, 6.07) is 12.1. The molecular weight excluding hydrogens is 593 g/mol. The molecule has 38 heavy (non-hydrogen) atoms. The number of amides is 2. The van der Waals surface area contributed by atoms with Crippen molar-refractivity contribution in [1.82, 2.24) is 14.8 Å². The normalized spacial score (nSPS) is 18.8. The third kappa shape index (κ3) is 7.16. The number of rotatable bonds is 7. The van der Waals surface area contributed by atoms with E-state index in [-0.39, 0.29) is 18.0 Å². The number of ether oxygens (including phenoxy) is 1. The maximum absolute atomic E-state index is 13.1. The van der Waals surface area contributed by atoms with Crippen LogP contribution in [0.2, 0.25) is 0 Å². The fraction of sp³-hybridized carbons (Fsp3) is 0.552. The van der Waals surface area contributed by atoms with Crippen molar-refractivity contribution in [2.24, 2.45) is 0 Å². The molecule has 206 valence electrons. The number of carbonyl (C=O) groups excluding carboxylic acids is 2. The van der Waals surface area contributed by atoms with Crippen LogP contribution in [0.3, 0.4) is 0 Å². The van der Waals surface area contributed by atoms with Gasteiger partial charge in [-0.05, 0) is 69.9 Å². The van der Waals surface area contributed by atoms with Crippen LogP contribution in [0, 0.1) is 0 Å². The van der Waals surface area contributed by atoms with E-state index in [1.807, 2.05) is 43.0 Å². The largest absolute Gasteiger partial charge is 0.443 e. The van der Waals surface area contributed by atoms with Gasteiger partial charge in [0.1, 0.15) is 11.4 Å². The van der Waals surface area contributed by atoms with E-state index in [9.17, 15) is 9.59 Å². The van der Waals surface area contributed by atoms with Gasteiger partial charge >= 0.3 is 6.09 Å². The SMILES string of the molecule is C[C@H]1CN(Cc2ccc(N(C)C(=O)c3ccc(N4CCCCC4)nc3)cc2)CCN1C(=O)OC(C)(C)CI. The second-order valence-electron chi connectivity index (χ2n) is 11.0. The summed E-state index contributed by atoms with van der Waals surface area (Å²) in [5.74, 6) is 0.878. The molecule has 9 heteroatoms. The first-order valence-corrected chi connectivity index (χ1v) is 15.1. The Bertz CT molecular complexity index is 1090. The van der Waals surface area contributed by atoms with Gasteiger partial charge in [0.25, 0.3) is 5.91 Å². The smallest absolute Gasteiger partial charge is 0.410 e. The summed E-state index contributed by atoms with van der Waals surface area (Å²) in [4.78, 5) is 38.4. The molecular formula is C29H40IN5O3.